The molecule has 21 heavy (non-hydrogen) atoms. The molecule has 4 rings (SSSR count). The second-order valence-electron chi connectivity index (χ2n) is 5.38. The van der Waals surface area contributed by atoms with Crippen molar-refractivity contribution in [2.75, 3.05) is 0 Å². The lowest BCUT2D eigenvalue weighted by Crippen LogP contribution is -1.83. The van der Waals surface area contributed by atoms with Crippen molar-refractivity contribution in [2.45, 2.75) is 6.92 Å². The number of fused-ring (bicyclic) bond motifs is 5. The second kappa shape index (κ2) is 4.72. The van der Waals surface area contributed by atoms with Crippen LogP contribution in [0.2, 0.25) is 5.02 Å². The Labute approximate surface area is 136 Å². The van der Waals surface area contributed by atoms with Crippen LogP contribution in [0.15, 0.2) is 59.1 Å². The number of halogens is 2. The number of hydrogen-bond donors (Lipinski definition) is 0. The Bertz CT molecular complexity index is 1020. The minimum atomic E-state index is 0.852. The van der Waals surface area contributed by atoms with Gasteiger partial charge in [0.15, 0.2) is 0 Å². The predicted octanol–water partition coefficient (Wildman–Crippen LogP) is 6.87. The van der Waals surface area contributed by atoms with Crippen LogP contribution in [0.3, 0.4) is 0 Å². The van der Waals surface area contributed by atoms with Crippen LogP contribution in [0, 0.1) is 6.92 Å². The summed E-state index contributed by atoms with van der Waals surface area (Å²) in [6.07, 6.45) is 0. The van der Waals surface area contributed by atoms with E-state index >= 15 is 0 Å². The maximum Gasteiger partial charge on any atom is 0.0513 e. The Hall–Kier alpha value is -1.57. The predicted molar refractivity (Wildman–Crippen MR) is 96.4 cm³/mol. The smallest absolute Gasteiger partial charge is 0.0513 e. The standard InChI is InChI=1S/C19H12BrCl/c1-11-2-5-17-16-6-3-12-10-13(20)4-7-14(12)15(16)8-9-18(17)19(11)21/h2-10H,1H3. The van der Waals surface area contributed by atoms with E-state index in [0.717, 1.165) is 20.4 Å². The molecule has 0 spiro atoms. The molecule has 4 aromatic rings. The molecule has 0 amide bonds. The van der Waals surface area contributed by atoms with Gasteiger partial charge in [-0.1, -0.05) is 70.0 Å². The van der Waals surface area contributed by atoms with Crippen molar-refractivity contribution in [3.63, 3.8) is 0 Å². The molecular formula is C19H12BrCl. The second-order valence-corrected chi connectivity index (χ2v) is 6.68. The van der Waals surface area contributed by atoms with E-state index in [2.05, 4.69) is 70.5 Å². The quantitative estimate of drug-likeness (QED) is 0.302. The summed E-state index contributed by atoms with van der Waals surface area (Å²) in [4.78, 5) is 0. The topological polar surface area (TPSA) is 0 Å². The minimum Gasteiger partial charge on any atom is -0.0834 e. The van der Waals surface area contributed by atoms with Gasteiger partial charge >= 0.3 is 0 Å². The van der Waals surface area contributed by atoms with Crippen molar-refractivity contribution in [1.82, 2.24) is 0 Å². The van der Waals surface area contributed by atoms with Crippen LogP contribution in [-0.2, 0) is 0 Å². The molecule has 0 radical (unpaired) electrons. The molecule has 4 aromatic carbocycles. The number of aryl methyl sites for hydroxylation is 1. The van der Waals surface area contributed by atoms with Crippen LogP contribution < -0.4 is 0 Å². The average Bonchev–Trinajstić information content (AvgIpc) is 2.49. The summed E-state index contributed by atoms with van der Waals surface area (Å²) in [7, 11) is 0. The van der Waals surface area contributed by atoms with Crippen LogP contribution in [0.5, 0.6) is 0 Å². The van der Waals surface area contributed by atoms with Gasteiger partial charge in [0, 0.05) is 9.86 Å². The molecule has 102 valence electrons. The van der Waals surface area contributed by atoms with Crippen LogP contribution in [-0.4, -0.2) is 0 Å². The SMILES string of the molecule is Cc1ccc2c(ccc3c4ccc(Br)cc4ccc23)c1Cl. The molecule has 0 aliphatic carbocycles. The monoisotopic (exact) mass is 354 g/mol. The van der Waals surface area contributed by atoms with Crippen molar-refractivity contribution < 1.29 is 0 Å². The maximum atomic E-state index is 6.46. The van der Waals surface area contributed by atoms with E-state index in [1.165, 1.54) is 26.9 Å². The third-order valence-corrected chi connectivity index (χ3v) is 5.10. The summed E-state index contributed by atoms with van der Waals surface area (Å²) in [5.74, 6) is 0. The highest BCUT2D eigenvalue weighted by Gasteiger charge is 2.08. The molecule has 0 saturated heterocycles. The number of rotatable bonds is 0. The molecule has 0 aliphatic rings. The normalized spacial score (nSPS) is 11.6. The molecule has 0 heterocycles. The Kier molecular flexibility index (Phi) is 2.95. The average molecular weight is 356 g/mol. The summed E-state index contributed by atoms with van der Waals surface area (Å²) in [5.41, 5.74) is 1.12. The maximum absolute atomic E-state index is 6.46. The minimum absolute atomic E-state index is 0.852. The van der Waals surface area contributed by atoms with Gasteiger partial charge < -0.3 is 0 Å². The van der Waals surface area contributed by atoms with Crippen molar-refractivity contribution in [3.8, 4) is 0 Å². The highest BCUT2D eigenvalue weighted by Crippen LogP contribution is 2.35. The first kappa shape index (κ1) is 13.1. The van der Waals surface area contributed by atoms with E-state index < -0.39 is 0 Å². The molecule has 2 heteroatoms. The zero-order valence-electron chi connectivity index (χ0n) is 11.5. The van der Waals surface area contributed by atoms with Crippen LogP contribution in [0.1, 0.15) is 5.56 Å². The van der Waals surface area contributed by atoms with E-state index in [4.69, 9.17) is 11.6 Å². The van der Waals surface area contributed by atoms with Crippen LogP contribution in [0.4, 0.5) is 0 Å². The molecular weight excluding hydrogens is 344 g/mol. The van der Waals surface area contributed by atoms with Crippen molar-refractivity contribution in [3.05, 3.63) is 69.7 Å². The van der Waals surface area contributed by atoms with E-state index in [-0.39, 0.29) is 0 Å². The van der Waals surface area contributed by atoms with Gasteiger partial charge in [-0.3, -0.25) is 0 Å². The largest absolute Gasteiger partial charge is 0.0834 e. The first-order valence-electron chi connectivity index (χ1n) is 6.85. The number of hydrogen-bond acceptors (Lipinski definition) is 0. The summed E-state index contributed by atoms with van der Waals surface area (Å²) >= 11 is 10.00. The van der Waals surface area contributed by atoms with Gasteiger partial charge in [0.2, 0.25) is 0 Å². The number of benzene rings is 4. The van der Waals surface area contributed by atoms with Crippen LogP contribution in [0.25, 0.3) is 32.3 Å². The third-order valence-electron chi connectivity index (χ3n) is 4.10. The molecule has 0 unspecified atom stereocenters. The van der Waals surface area contributed by atoms with Crippen molar-refractivity contribution in [1.29, 1.82) is 0 Å². The summed E-state index contributed by atoms with van der Waals surface area (Å²) in [5, 5.41) is 8.24. The Morgan fingerprint density at radius 1 is 0.714 bits per heavy atom. The molecule has 0 bridgehead atoms. The van der Waals surface area contributed by atoms with Gasteiger partial charge in [0.25, 0.3) is 0 Å². The van der Waals surface area contributed by atoms with E-state index in [1.807, 2.05) is 6.92 Å². The van der Waals surface area contributed by atoms with Crippen LogP contribution >= 0.6 is 27.5 Å². The Morgan fingerprint density at radius 3 is 2.14 bits per heavy atom. The van der Waals surface area contributed by atoms with E-state index in [0.29, 0.717) is 0 Å². The lowest BCUT2D eigenvalue weighted by atomic mass is 9.96. The van der Waals surface area contributed by atoms with Gasteiger partial charge in [-0.15, -0.1) is 0 Å². The van der Waals surface area contributed by atoms with Gasteiger partial charge in [-0.05, 0) is 51.6 Å². The zero-order valence-corrected chi connectivity index (χ0v) is 13.8. The fourth-order valence-corrected chi connectivity index (χ4v) is 3.61. The highest BCUT2D eigenvalue weighted by atomic mass is 79.9. The van der Waals surface area contributed by atoms with Crippen molar-refractivity contribution >= 4 is 59.8 Å². The molecule has 0 N–H and O–H groups in total. The lowest BCUT2D eigenvalue weighted by molar-refractivity contribution is 1.51. The fraction of sp³-hybridized carbons (Fsp3) is 0.0526. The lowest BCUT2D eigenvalue weighted by Gasteiger charge is -2.10. The summed E-state index contributed by atoms with van der Waals surface area (Å²) < 4.78 is 1.11. The Morgan fingerprint density at radius 2 is 1.29 bits per heavy atom. The summed E-state index contributed by atoms with van der Waals surface area (Å²) in [6, 6.07) is 19.4. The Balaban J connectivity index is 2.22. The molecule has 0 aromatic heterocycles. The van der Waals surface area contributed by atoms with Gasteiger partial charge in [-0.2, -0.15) is 0 Å². The fourth-order valence-electron chi connectivity index (χ4n) is 3.01. The molecule has 0 aliphatic heterocycles. The first-order valence-corrected chi connectivity index (χ1v) is 8.02. The summed E-state index contributed by atoms with van der Waals surface area (Å²) in [6.45, 7) is 2.05. The molecule has 0 fully saturated rings. The first-order chi connectivity index (χ1) is 10.1. The van der Waals surface area contributed by atoms with Crippen molar-refractivity contribution in [2.24, 2.45) is 0 Å². The molecule has 0 nitrogen and oxygen atoms in total. The molecule has 0 atom stereocenters. The third kappa shape index (κ3) is 1.96. The van der Waals surface area contributed by atoms with Gasteiger partial charge in [-0.25, -0.2) is 0 Å². The highest BCUT2D eigenvalue weighted by molar-refractivity contribution is 9.10. The van der Waals surface area contributed by atoms with Gasteiger partial charge in [0.05, 0.1) is 5.02 Å². The van der Waals surface area contributed by atoms with Gasteiger partial charge in [0.1, 0.15) is 0 Å². The zero-order chi connectivity index (χ0) is 14.6. The molecule has 0 saturated carbocycles. The van der Waals surface area contributed by atoms with E-state index in [9.17, 15) is 0 Å². The van der Waals surface area contributed by atoms with E-state index in [1.54, 1.807) is 0 Å².